The Balaban J connectivity index is 1.61. The van der Waals surface area contributed by atoms with Crippen molar-refractivity contribution < 1.29 is 9.53 Å². The van der Waals surface area contributed by atoms with Gasteiger partial charge in [-0.15, -0.1) is 0 Å². The van der Waals surface area contributed by atoms with E-state index >= 15 is 0 Å². The van der Waals surface area contributed by atoms with E-state index in [1.807, 2.05) is 0 Å². The van der Waals surface area contributed by atoms with Gasteiger partial charge in [0, 0.05) is 0 Å². The van der Waals surface area contributed by atoms with Gasteiger partial charge in [0.1, 0.15) is 6.10 Å². The molecule has 1 saturated heterocycles. The topological polar surface area (TPSA) is 26.3 Å². The number of unbranched alkanes of at least 4 members (excludes halogenated alkanes) is 20. The second-order valence-corrected chi connectivity index (χ2v) is 9.18. The summed E-state index contributed by atoms with van der Waals surface area (Å²) in [6.45, 7) is 2.29. The molecule has 0 aromatic rings. The van der Waals surface area contributed by atoms with Crippen LogP contribution < -0.4 is 0 Å². The van der Waals surface area contributed by atoms with Crippen LogP contribution in [-0.2, 0) is 9.53 Å². The molecule has 0 aromatic heterocycles. The lowest BCUT2D eigenvalue weighted by atomic mass is 10.0. The fourth-order valence-corrected chi connectivity index (χ4v) is 4.33. The van der Waals surface area contributed by atoms with Crippen LogP contribution in [-0.4, -0.2) is 12.1 Å². The summed E-state index contributed by atoms with van der Waals surface area (Å²) < 4.78 is 5.04. The van der Waals surface area contributed by atoms with Gasteiger partial charge in [-0.25, -0.2) is 0 Å². The summed E-state index contributed by atoms with van der Waals surface area (Å²) in [5, 5.41) is 0. The van der Waals surface area contributed by atoms with Crippen LogP contribution in [0.2, 0.25) is 0 Å². The molecule has 0 saturated carbocycles. The first-order valence-corrected chi connectivity index (χ1v) is 13.0. The molecule has 166 valence electrons. The largest absolute Gasteiger partial charge is 0.462 e. The Bertz CT molecular complexity index is 331. The maximum Gasteiger partial charge on any atom is 0.309 e. The van der Waals surface area contributed by atoms with E-state index in [-0.39, 0.29) is 12.1 Å². The first-order chi connectivity index (χ1) is 13.8. The zero-order valence-electron chi connectivity index (χ0n) is 19.2. The fourth-order valence-electron chi connectivity index (χ4n) is 4.33. The van der Waals surface area contributed by atoms with E-state index in [4.69, 9.17) is 4.74 Å². The second kappa shape index (κ2) is 19.8. The van der Waals surface area contributed by atoms with Gasteiger partial charge in [-0.3, -0.25) is 4.79 Å². The number of carbonyl (C=O) groups excluding carboxylic acids is 1. The summed E-state index contributed by atoms with van der Waals surface area (Å²) in [7, 11) is 0. The minimum absolute atomic E-state index is 0.00602. The van der Waals surface area contributed by atoms with Crippen molar-refractivity contribution in [1.29, 1.82) is 0 Å². The predicted octanol–water partition coefficient (Wildman–Crippen LogP) is 8.90. The van der Waals surface area contributed by atoms with E-state index in [1.54, 1.807) is 0 Å². The van der Waals surface area contributed by atoms with E-state index in [0.717, 1.165) is 6.42 Å². The molecular weight excluding hydrogens is 344 g/mol. The monoisotopic (exact) mass is 394 g/mol. The highest BCUT2D eigenvalue weighted by Crippen LogP contribution is 2.20. The Hall–Kier alpha value is -0.530. The lowest BCUT2D eigenvalue weighted by Gasteiger charge is -2.25. The molecule has 0 bridgehead atoms. The van der Waals surface area contributed by atoms with Gasteiger partial charge in [0.05, 0.1) is 6.42 Å². The molecule has 1 heterocycles. The first-order valence-electron chi connectivity index (χ1n) is 13.0. The Morgan fingerprint density at radius 2 is 0.857 bits per heavy atom. The van der Waals surface area contributed by atoms with Crippen LogP contribution in [0.5, 0.6) is 0 Å². The summed E-state index contributed by atoms with van der Waals surface area (Å²) in [4.78, 5) is 10.7. The third kappa shape index (κ3) is 16.4. The Labute approximate surface area is 176 Å². The van der Waals surface area contributed by atoms with Gasteiger partial charge in [0.2, 0.25) is 0 Å². The van der Waals surface area contributed by atoms with Crippen LogP contribution in [0, 0.1) is 0 Å². The van der Waals surface area contributed by atoms with Crippen LogP contribution in [0.3, 0.4) is 0 Å². The SMILES string of the molecule is CCCCCCCCCCCCCCCCCCCCCCCC1CC(=O)O1. The Morgan fingerprint density at radius 1 is 0.571 bits per heavy atom. The quantitative estimate of drug-likeness (QED) is 0.135. The average molecular weight is 395 g/mol. The summed E-state index contributed by atoms with van der Waals surface area (Å²) >= 11 is 0. The maximum atomic E-state index is 10.7. The Kier molecular flexibility index (Phi) is 18.0. The van der Waals surface area contributed by atoms with Crippen LogP contribution in [0.4, 0.5) is 0 Å². The molecule has 1 aliphatic rings. The van der Waals surface area contributed by atoms with Gasteiger partial charge < -0.3 is 4.74 Å². The fraction of sp³-hybridized carbons (Fsp3) is 0.962. The highest BCUT2D eigenvalue weighted by atomic mass is 16.6. The third-order valence-corrected chi connectivity index (χ3v) is 6.32. The lowest BCUT2D eigenvalue weighted by Crippen LogP contribution is -2.32. The van der Waals surface area contributed by atoms with Crippen molar-refractivity contribution in [2.75, 3.05) is 0 Å². The minimum atomic E-state index is -0.00602. The highest BCUT2D eigenvalue weighted by molar-refractivity contribution is 5.75. The minimum Gasteiger partial charge on any atom is -0.462 e. The summed E-state index contributed by atoms with van der Waals surface area (Å²) in [5.41, 5.74) is 0. The van der Waals surface area contributed by atoms with Crippen LogP contribution in [0.1, 0.15) is 155 Å². The van der Waals surface area contributed by atoms with Gasteiger partial charge in [-0.05, 0) is 12.8 Å². The number of cyclic esters (lactones) is 1. The van der Waals surface area contributed by atoms with Crippen molar-refractivity contribution in [2.45, 2.75) is 161 Å². The molecule has 0 radical (unpaired) electrons. The van der Waals surface area contributed by atoms with Crippen molar-refractivity contribution >= 4 is 5.97 Å². The van der Waals surface area contributed by atoms with Crippen molar-refractivity contribution in [1.82, 2.24) is 0 Å². The van der Waals surface area contributed by atoms with E-state index in [9.17, 15) is 4.79 Å². The number of carbonyl (C=O) groups is 1. The molecule has 2 nitrogen and oxygen atoms in total. The lowest BCUT2D eigenvalue weighted by molar-refractivity contribution is -0.169. The molecule has 1 unspecified atom stereocenters. The number of hydrogen-bond donors (Lipinski definition) is 0. The van der Waals surface area contributed by atoms with Crippen LogP contribution >= 0.6 is 0 Å². The van der Waals surface area contributed by atoms with Gasteiger partial charge in [-0.1, -0.05) is 135 Å². The number of hydrogen-bond acceptors (Lipinski definition) is 2. The van der Waals surface area contributed by atoms with Crippen molar-refractivity contribution in [3.8, 4) is 0 Å². The van der Waals surface area contributed by atoms with Crippen molar-refractivity contribution in [3.63, 3.8) is 0 Å². The molecule has 1 atom stereocenters. The Morgan fingerprint density at radius 3 is 1.14 bits per heavy atom. The number of esters is 1. The summed E-state index contributed by atoms with van der Waals surface area (Å²) in [5.74, 6) is -0.00602. The smallest absolute Gasteiger partial charge is 0.309 e. The zero-order valence-corrected chi connectivity index (χ0v) is 19.2. The van der Waals surface area contributed by atoms with E-state index in [2.05, 4.69) is 6.92 Å². The standard InChI is InChI=1S/C26H50O2/c1-2-3-4-5-6-7-8-9-10-11-12-13-14-15-16-17-18-19-20-21-22-23-25-24-26(27)28-25/h25H,2-24H2,1H3. The van der Waals surface area contributed by atoms with Crippen molar-refractivity contribution in [3.05, 3.63) is 0 Å². The number of rotatable bonds is 22. The predicted molar refractivity (Wildman–Crippen MR) is 122 cm³/mol. The molecule has 0 aliphatic carbocycles. The average Bonchev–Trinajstić information content (AvgIpc) is 2.67. The van der Waals surface area contributed by atoms with E-state index in [0.29, 0.717) is 6.42 Å². The molecule has 0 spiro atoms. The van der Waals surface area contributed by atoms with Crippen LogP contribution in [0.25, 0.3) is 0 Å². The van der Waals surface area contributed by atoms with E-state index in [1.165, 1.54) is 135 Å². The molecule has 0 N–H and O–H groups in total. The molecule has 0 amide bonds. The molecule has 2 heteroatoms. The van der Waals surface area contributed by atoms with E-state index < -0.39 is 0 Å². The molecule has 0 aromatic carbocycles. The molecule has 1 fully saturated rings. The normalized spacial score (nSPS) is 16.2. The summed E-state index contributed by atoms with van der Waals surface area (Å²) in [6.07, 6.45) is 32.0. The molecule has 1 rings (SSSR count). The first kappa shape index (κ1) is 25.5. The zero-order chi connectivity index (χ0) is 20.1. The summed E-state index contributed by atoms with van der Waals surface area (Å²) in [6, 6.07) is 0. The van der Waals surface area contributed by atoms with Gasteiger partial charge in [-0.2, -0.15) is 0 Å². The highest BCUT2D eigenvalue weighted by Gasteiger charge is 2.27. The van der Waals surface area contributed by atoms with Gasteiger partial charge >= 0.3 is 5.97 Å². The third-order valence-electron chi connectivity index (χ3n) is 6.32. The van der Waals surface area contributed by atoms with Gasteiger partial charge in [0.15, 0.2) is 0 Å². The van der Waals surface area contributed by atoms with Crippen molar-refractivity contribution in [2.24, 2.45) is 0 Å². The second-order valence-electron chi connectivity index (χ2n) is 9.18. The van der Waals surface area contributed by atoms with Gasteiger partial charge in [0.25, 0.3) is 0 Å². The molecular formula is C26H50O2. The van der Waals surface area contributed by atoms with Crippen LogP contribution in [0.15, 0.2) is 0 Å². The number of ether oxygens (including phenoxy) is 1. The molecule has 28 heavy (non-hydrogen) atoms. The maximum absolute atomic E-state index is 10.7. The molecule has 1 aliphatic heterocycles.